The van der Waals surface area contributed by atoms with Gasteiger partial charge in [-0.15, -0.1) is 6.42 Å². The first-order chi connectivity index (χ1) is 13.3. The first-order valence-corrected chi connectivity index (χ1v) is 11.6. The molecule has 3 aliphatic heterocycles. The van der Waals surface area contributed by atoms with Crippen LogP contribution >= 0.6 is 0 Å². The third kappa shape index (κ3) is 4.86. The number of carbonyl (C=O) groups is 1. The number of rotatable bonds is 4. The maximum atomic E-state index is 13.0. The van der Waals surface area contributed by atoms with Gasteiger partial charge in [0.2, 0.25) is 5.91 Å². The van der Waals surface area contributed by atoms with Crippen molar-refractivity contribution in [1.29, 1.82) is 0 Å². The van der Waals surface area contributed by atoms with Gasteiger partial charge in [-0.25, -0.2) is 0 Å². The number of ether oxygens (including phenoxy) is 1. The molecular formula is C19H32N4O4S. The van der Waals surface area contributed by atoms with Crippen molar-refractivity contribution in [3.05, 3.63) is 0 Å². The van der Waals surface area contributed by atoms with Crippen molar-refractivity contribution in [2.24, 2.45) is 5.92 Å². The minimum Gasteiger partial charge on any atom is -0.373 e. The lowest BCUT2D eigenvalue weighted by molar-refractivity contribution is -0.138. The fraction of sp³-hybridized carbons (Fsp3) is 0.842. The van der Waals surface area contributed by atoms with E-state index in [-0.39, 0.29) is 24.0 Å². The van der Waals surface area contributed by atoms with E-state index in [0.29, 0.717) is 45.8 Å². The number of carbonyl (C=O) groups excluding carboxylic acids is 1. The Hall–Kier alpha value is -1.18. The highest BCUT2D eigenvalue weighted by Gasteiger charge is 2.38. The summed E-state index contributed by atoms with van der Waals surface area (Å²) in [5.74, 6) is 2.84. The standard InChI is InChI=1S/C19H32N4O4S/c1-4-7-20-8-5-18(6-9-20)19(24)21-10-12-22(13-11-21)28(25,26)23-14-16(2)27-17(3)15-23/h1,16-18H,5-15H2,2-3H3. The summed E-state index contributed by atoms with van der Waals surface area (Å²) < 4.78 is 34.6. The van der Waals surface area contributed by atoms with Gasteiger partial charge in [-0.05, 0) is 39.8 Å². The number of amides is 1. The highest BCUT2D eigenvalue weighted by atomic mass is 32.2. The zero-order valence-corrected chi connectivity index (χ0v) is 17.7. The molecule has 8 nitrogen and oxygen atoms in total. The predicted octanol–water partition coefficient (Wildman–Crippen LogP) is -0.170. The molecule has 0 radical (unpaired) electrons. The van der Waals surface area contributed by atoms with Crippen molar-refractivity contribution in [3.8, 4) is 12.3 Å². The molecule has 0 spiro atoms. The molecule has 3 rings (SSSR count). The van der Waals surface area contributed by atoms with Crippen LogP contribution in [0, 0.1) is 18.3 Å². The summed E-state index contributed by atoms with van der Waals surface area (Å²) in [6.07, 6.45) is 6.78. The molecule has 3 heterocycles. The Kier molecular flexibility index (Phi) is 6.99. The lowest BCUT2D eigenvalue weighted by atomic mass is 9.95. The Bertz CT molecular complexity index is 681. The van der Waals surface area contributed by atoms with Crippen molar-refractivity contribution in [2.75, 3.05) is 58.9 Å². The van der Waals surface area contributed by atoms with Crippen molar-refractivity contribution in [2.45, 2.75) is 38.9 Å². The lowest BCUT2D eigenvalue weighted by Crippen LogP contribution is -2.58. The van der Waals surface area contributed by atoms with E-state index < -0.39 is 10.2 Å². The van der Waals surface area contributed by atoms with Crippen LogP contribution < -0.4 is 0 Å². The van der Waals surface area contributed by atoms with Crippen LogP contribution in [0.2, 0.25) is 0 Å². The maximum absolute atomic E-state index is 13.0. The number of nitrogens with zero attached hydrogens (tertiary/aromatic N) is 4. The third-order valence-corrected chi connectivity index (χ3v) is 7.81. The second-order valence-electron chi connectivity index (χ2n) is 8.06. The van der Waals surface area contributed by atoms with Crippen LogP contribution in [-0.2, 0) is 19.7 Å². The minimum atomic E-state index is -3.52. The Morgan fingerprint density at radius 2 is 1.57 bits per heavy atom. The Morgan fingerprint density at radius 3 is 2.11 bits per heavy atom. The maximum Gasteiger partial charge on any atom is 0.282 e. The molecular weight excluding hydrogens is 380 g/mol. The second-order valence-corrected chi connectivity index (χ2v) is 9.99. The summed E-state index contributed by atoms with van der Waals surface area (Å²) in [7, 11) is -3.52. The van der Waals surface area contributed by atoms with Gasteiger partial charge in [-0.3, -0.25) is 9.69 Å². The Morgan fingerprint density at radius 1 is 1.00 bits per heavy atom. The van der Waals surface area contributed by atoms with Crippen LogP contribution in [0.4, 0.5) is 0 Å². The normalized spacial score (nSPS) is 29.5. The number of piperazine rings is 1. The van der Waals surface area contributed by atoms with Crippen LogP contribution in [0.15, 0.2) is 0 Å². The molecule has 3 saturated heterocycles. The number of morpholine rings is 1. The third-order valence-electron chi connectivity index (χ3n) is 5.84. The molecule has 2 unspecified atom stereocenters. The largest absolute Gasteiger partial charge is 0.373 e. The first kappa shape index (κ1) is 21.5. The molecule has 1 amide bonds. The summed E-state index contributed by atoms with van der Waals surface area (Å²) >= 11 is 0. The Balaban J connectivity index is 1.51. The van der Waals surface area contributed by atoms with Gasteiger partial charge >= 0.3 is 0 Å². The lowest BCUT2D eigenvalue weighted by Gasteiger charge is -2.41. The molecule has 0 aromatic heterocycles. The minimum absolute atomic E-state index is 0.0260. The van der Waals surface area contributed by atoms with Gasteiger partial charge in [-0.2, -0.15) is 17.0 Å². The number of likely N-dealkylation sites (tertiary alicyclic amines) is 1. The quantitative estimate of drug-likeness (QED) is 0.600. The van der Waals surface area contributed by atoms with E-state index in [2.05, 4.69) is 10.8 Å². The van der Waals surface area contributed by atoms with Gasteiger partial charge in [0.05, 0.1) is 18.8 Å². The van der Waals surface area contributed by atoms with E-state index >= 15 is 0 Å². The van der Waals surface area contributed by atoms with Gasteiger partial charge in [0, 0.05) is 45.2 Å². The molecule has 0 aromatic carbocycles. The summed E-state index contributed by atoms with van der Waals surface area (Å²) in [6, 6.07) is 0. The van der Waals surface area contributed by atoms with Crippen molar-refractivity contribution >= 4 is 16.1 Å². The molecule has 0 bridgehead atoms. The molecule has 158 valence electrons. The van der Waals surface area contributed by atoms with Gasteiger partial charge in [-0.1, -0.05) is 5.92 Å². The monoisotopic (exact) mass is 412 g/mol. The fourth-order valence-electron chi connectivity index (χ4n) is 4.35. The molecule has 28 heavy (non-hydrogen) atoms. The van der Waals surface area contributed by atoms with Crippen molar-refractivity contribution in [3.63, 3.8) is 0 Å². The molecule has 3 fully saturated rings. The number of terminal acetylenes is 1. The fourth-order valence-corrected chi connectivity index (χ4v) is 6.09. The van der Waals surface area contributed by atoms with E-state index in [4.69, 9.17) is 11.2 Å². The van der Waals surface area contributed by atoms with Crippen molar-refractivity contribution in [1.82, 2.24) is 18.4 Å². The van der Waals surface area contributed by atoms with Crippen molar-refractivity contribution < 1.29 is 17.9 Å². The highest BCUT2D eigenvalue weighted by molar-refractivity contribution is 7.86. The van der Waals surface area contributed by atoms with Crippen LogP contribution in [0.3, 0.4) is 0 Å². The number of hydrogen-bond donors (Lipinski definition) is 0. The van der Waals surface area contributed by atoms with Gasteiger partial charge in [0.25, 0.3) is 10.2 Å². The van der Waals surface area contributed by atoms with Gasteiger partial charge < -0.3 is 9.64 Å². The number of hydrogen-bond acceptors (Lipinski definition) is 5. The summed E-state index contributed by atoms with van der Waals surface area (Å²) in [4.78, 5) is 16.9. The smallest absolute Gasteiger partial charge is 0.282 e. The summed E-state index contributed by atoms with van der Waals surface area (Å²) in [5.41, 5.74) is 0. The molecule has 3 aliphatic rings. The SMILES string of the molecule is C#CCN1CCC(C(=O)N2CCN(S(=O)(=O)N3CC(C)OC(C)C3)CC2)CC1. The zero-order valence-electron chi connectivity index (χ0n) is 16.9. The molecule has 9 heteroatoms. The summed E-state index contributed by atoms with van der Waals surface area (Å²) in [6.45, 7) is 8.49. The highest BCUT2D eigenvalue weighted by Crippen LogP contribution is 2.22. The number of piperidine rings is 1. The zero-order chi connectivity index (χ0) is 20.3. The molecule has 0 aromatic rings. The Labute approximate surface area is 169 Å². The van der Waals surface area contributed by atoms with E-state index in [0.717, 1.165) is 25.9 Å². The van der Waals surface area contributed by atoms with E-state index in [1.807, 2.05) is 18.7 Å². The average Bonchev–Trinajstić information content (AvgIpc) is 2.68. The van der Waals surface area contributed by atoms with Crippen LogP contribution in [0.1, 0.15) is 26.7 Å². The first-order valence-electron chi connectivity index (χ1n) is 10.2. The predicted molar refractivity (Wildman–Crippen MR) is 107 cm³/mol. The molecule has 0 N–H and O–H groups in total. The van der Waals surface area contributed by atoms with Gasteiger partial charge in [0.15, 0.2) is 0 Å². The van der Waals surface area contributed by atoms with E-state index in [1.165, 1.54) is 8.61 Å². The molecule has 2 atom stereocenters. The summed E-state index contributed by atoms with van der Waals surface area (Å²) in [5, 5.41) is 0. The van der Waals surface area contributed by atoms with Crippen LogP contribution in [0.5, 0.6) is 0 Å². The average molecular weight is 413 g/mol. The topological polar surface area (TPSA) is 73.4 Å². The van der Waals surface area contributed by atoms with E-state index in [9.17, 15) is 13.2 Å². The van der Waals surface area contributed by atoms with E-state index in [1.54, 1.807) is 0 Å². The molecule has 0 saturated carbocycles. The second kappa shape index (κ2) is 9.09. The van der Waals surface area contributed by atoms with Crippen LogP contribution in [-0.4, -0.2) is 104 Å². The van der Waals surface area contributed by atoms with Gasteiger partial charge in [0.1, 0.15) is 0 Å². The molecule has 0 aliphatic carbocycles. The van der Waals surface area contributed by atoms with Crippen LogP contribution in [0.25, 0.3) is 0 Å².